The Balaban J connectivity index is 2.75. The van der Waals surface area contributed by atoms with Gasteiger partial charge in [-0.2, -0.15) is 0 Å². The van der Waals surface area contributed by atoms with Gasteiger partial charge in [-0.05, 0) is 6.92 Å². The van der Waals surface area contributed by atoms with E-state index >= 15 is 0 Å². The summed E-state index contributed by atoms with van der Waals surface area (Å²) in [5.74, 6) is 0. The van der Waals surface area contributed by atoms with Crippen LogP contribution in [0, 0.1) is 0 Å². The molecular weight excluding hydrogens is 176 g/mol. The summed E-state index contributed by atoms with van der Waals surface area (Å²) in [5.41, 5.74) is 1.30. The monoisotopic (exact) mass is 184 g/mol. The third kappa shape index (κ3) is 2.19. The molecule has 0 amide bonds. The first-order valence-electron chi connectivity index (χ1n) is 2.96. The van der Waals surface area contributed by atoms with E-state index in [1.54, 1.807) is 0 Å². The maximum atomic E-state index is 3.46. The lowest BCUT2D eigenvalue weighted by molar-refractivity contribution is 1.44. The SMILES string of the molecule is CC1=CC=CC(Br)C=C1. The first-order valence-corrected chi connectivity index (χ1v) is 3.88. The summed E-state index contributed by atoms with van der Waals surface area (Å²) in [6, 6.07) is 0. The molecule has 0 fully saturated rings. The van der Waals surface area contributed by atoms with Crippen molar-refractivity contribution in [1.82, 2.24) is 0 Å². The largest absolute Gasteiger partial charge is 0.0799 e. The van der Waals surface area contributed by atoms with Gasteiger partial charge in [-0.25, -0.2) is 0 Å². The Morgan fingerprint density at radius 2 is 2.22 bits per heavy atom. The van der Waals surface area contributed by atoms with Crippen LogP contribution in [0.2, 0.25) is 0 Å². The molecule has 1 aliphatic rings. The lowest BCUT2D eigenvalue weighted by Crippen LogP contribution is -1.81. The van der Waals surface area contributed by atoms with Crippen LogP contribution in [0.4, 0.5) is 0 Å². The van der Waals surface area contributed by atoms with Crippen LogP contribution in [-0.2, 0) is 0 Å². The fraction of sp³-hybridized carbons (Fsp3) is 0.250. The second kappa shape index (κ2) is 3.02. The van der Waals surface area contributed by atoms with Crippen molar-refractivity contribution in [3.05, 3.63) is 36.0 Å². The van der Waals surface area contributed by atoms with E-state index in [1.165, 1.54) is 5.57 Å². The summed E-state index contributed by atoms with van der Waals surface area (Å²) in [6.07, 6.45) is 10.5. The molecule has 1 aliphatic carbocycles. The smallest absolute Gasteiger partial charge is 0.0512 e. The lowest BCUT2D eigenvalue weighted by Gasteiger charge is -1.89. The molecule has 0 N–H and O–H groups in total. The van der Waals surface area contributed by atoms with Crippen LogP contribution in [-0.4, -0.2) is 4.83 Å². The van der Waals surface area contributed by atoms with Gasteiger partial charge in [0.2, 0.25) is 0 Å². The zero-order valence-corrected chi connectivity index (χ0v) is 6.93. The summed E-state index contributed by atoms with van der Waals surface area (Å²) >= 11 is 3.46. The molecule has 0 aliphatic heterocycles. The second-order valence-corrected chi connectivity index (χ2v) is 3.16. The third-order valence-electron chi connectivity index (χ3n) is 1.20. The van der Waals surface area contributed by atoms with Crippen molar-refractivity contribution in [1.29, 1.82) is 0 Å². The molecule has 0 bridgehead atoms. The maximum absolute atomic E-state index is 3.46. The number of allylic oxidation sites excluding steroid dienone is 6. The molecule has 48 valence electrons. The van der Waals surface area contributed by atoms with Crippen LogP contribution in [0.5, 0.6) is 0 Å². The number of hydrogen-bond acceptors (Lipinski definition) is 0. The summed E-state index contributed by atoms with van der Waals surface area (Å²) in [4.78, 5) is 0.409. The minimum absolute atomic E-state index is 0.409. The van der Waals surface area contributed by atoms with Crippen molar-refractivity contribution in [2.45, 2.75) is 11.8 Å². The highest BCUT2D eigenvalue weighted by molar-refractivity contribution is 9.09. The van der Waals surface area contributed by atoms with Crippen LogP contribution < -0.4 is 0 Å². The third-order valence-corrected chi connectivity index (χ3v) is 1.81. The summed E-state index contributed by atoms with van der Waals surface area (Å²) in [6.45, 7) is 2.09. The Kier molecular flexibility index (Phi) is 2.29. The molecule has 0 heterocycles. The first kappa shape index (κ1) is 6.81. The van der Waals surface area contributed by atoms with Gasteiger partial charge in [0.25, 0.3) is 0 Å². The van der Waals surface area contributed by atoms with Gasteiger partial charge in [-0.3, -0.25) is 0 Å². The minimum atomic E-state index is 0.409. The zero-order chi connectivity index (χ0) is 6.69. The van der Waals surface area contributed by atoms with Gasteiger partial charge in [0.05, 0.1) is 4.83 Å². The van der Waals surface area contributed by atoms with E-state index in [-0.39, 0.29) is 0 Å². The summed E-state index contributed by atoms with van der Waals surface area (Å²) < 4.78 is 0. The Morgan fingerprint density at radius 3 is 3.00 bits per heavy atom. The molecule has 9 heavy (non-hydrogen) atoms. The molecule has 0 nitrogen and oxygen atoms in total. The maximum Gasteiger partial charge on any atom is 0.0512 e. The Morgan fingerprint density at radius 1 is 1.44 bits per heavy atom. The van der Waals surface area contributed by atoms with Gasteiger partial charge in [-0.1, -0.05) is 51.9 Å². The van der Waals surface area contributed by atoms with E-state index in [1.807, 2.05) is 0 Å². The molecule has 0 saturated carbocycles. The average Bonchev–Trinajstić information content (AvgIpc) is 1.97. The highest BCUT2D eigenvalue weighted by Crippen LogP contribution is 2.09. The highest BCUT2D eigenvalue weighted by atomic mass is 79.9. The molecule has 1 heteroatoms. The zero-order valence-electron chi connectivity index (χ0n) is 5.34. The van der Waals surface area contributed by atoms with Gasteiger partial charge in [-0.15, -0.1) is 0 Å². The van der Waals surface area contributed by atoms with Crippen molar-refractivity contribution >= 4 is 15.9 Å². The number of alkyl halides is 1. The standard InChI is InChI=1S/C8H9Br/c1-7-3-2-4-8(9)6-5-7/h2-6,8H,1H3. The van der Waals surface area contributed by atoms with Crippen molar-refractivity contribution in [2.24, 2.45) is 0 Å². The van der Waals surface area contributed by atoms with Crippen LogP contribution in [0.25, 0.3) is 0 Å². The normalized spacial score (nSPS) is 25.6. The number of hydrogen-bond donors (Lipinski definition) is 0. The summed E-state index contributed by atoms with van der Waals surface area (Å²) in [5, 5.41) is 0. The Labute approximate surface area is 64.1 Å². The quantitative estimate of drug-likeness (QED) is 0.509. The van der Waals surface area contributed by atoms with E-state index in [0.717, 1.165) is 0 Å². The van der Waals surface area contributed by atoms with Crippen LogP contribution in [0.15, 0.2) is 36.0 Å². The topological polar surface area (TPSA) is 0 Å². The van der Waals surface area contributed by atoms with E-state index in [2.05, 4.69) is 53.2 Å². The molecular formula is C8H9Br. The van der Waals surface area contributed by atoms with E-state index in [4.69, 9.17) is 0 Å². The van der Waals surface area contributed by atoms with E-state index in [9.17, 15) is 0 Å². The van der Waals surface area contributed by atoms with Gasteiger partial charge >= 0.3 is 0 Å². The Hall–Kier alpha value is -0.300. The predicted octanol–water partition coefficient (Wildman–Crippen LogP) is 2.82. The number of rotatable bonds is 0. The first-order chi connectivity index (χ1) is 4.29. The van der Waals surface area contributed by atoms with Crippen molar-refractivity contribution < 1.29 is 0 Å². The fourth-order valence-electron chi connectivity index (χ4n) is 0.677. The molecule has 1 atom stereocenters. The van der Waals surface area contributed by atoms with Crippen molar-refractivity contribution in [3.8, 4) is 0 Å². The van der Waals surface area contributed by atoms with E-state index in [0.29, 0.717) is 4.83 Å². The molecule has 0 aromatic heterocycles. The summed E-state index contributed by atoms with van der Waals surface area (Å²) in [7, 11) is 0. The number of halogens is 1. The molecule has 1 unspecified atom stereocenters. The van der Waals surface area contributed by atoms with Gasteiger partial charge in [0.15, 0.2) is 0 Å². The van der Waals surface area contributed by atoms with Crippen molar-refractivity contribution in [2.75, 3.05) is 0 Å². The molecule has 0 radical (unpaired) electrons. The molecule has 1 rings (SSSR count). The van der Waals surface area contributed by atoms with Crippen molar-refractivity contribution in [3.63, 3.8) is 0 Å². The molecule has 0 spiro atoms. The van der Waals surface area contributed by atoms with Crippen LogP contribution in [0.1, 0.15) is 6.92 Å². The Bertz CT molecular complexity index is 175. The average molecular weight is 185 g/mol. The second-order valence-electron chi connectivity index (χ2n) is 2.10. The van der Waals surface area contributed by atoms with Gasteiger partial charge in [0.1, 0.15) is 0 Å². The van der Waals surface area contributed by atoms with Gasteiger partial charge < -0.3 is 0 Å². The van der Waals surface area contributed by atoms with Crippen LogP contribution >= 0.6 is 15.9 Å². The van der Waals surface area contributed by atoms with Gasteiger partial charge in [0, 0.05) is 0 Å². The molecule has 0 aromatic carbocycles. The molecule has 0 saturated heterocycles. The minimum Gasteiger partial charge on any atom is -0.0799 e. The lowest BCUT2D eigenvalue weighted by atomic mass is 10.3. The molecule has 0 aromatic rings. The van der Waals surface area contributed by atoms with Crippen LogP contribution in [0.3, 0.4) is 0 Å². The predicted molar refractivity (Wildman–Crippen MR) is 44.8 cm³/mol. The van der Waals surface area contributed by atoms with E-state index < -0.39 is 0 Å². The fourth-order valence-corrected chi connectivity index (χ4v) is 1.01. The highest BCUT2D eigenvalue weighted by Gasteiger charge is 1.92.